The third-order valence-electron chi connectivity index (χ3n) is 3.04. The van der Waals surface area contributed by atoms with Gasteiger partial charge < -0.3 is 10.1 Å². The van der Waals surface area contributed by atoms with Gasteiger partial charge in [-0.25, -0.2) is 4.39 Å². The summed E-state index contributed by atoms with van der Waals surface area (Å²) in [5.41, 5.74) is 2.41. The van der Waals surface area contributed by atoms with E-state index in [0.29, 0.717) is 18.7 Å². The van der Waals surface area contributed by atoms with Gasteiger partial charge in [0.25, 0.3) is 0 Å². The molecule has 0 bridgehead atoms. The van der Waals surface area contributed by atoms with Crippen LogP contribution in [-0.4, -0.2) is 6.61 Å². The van der Waals surface area contributed by atoms with Crippen molar-refractivity contribution in [2.75, 3.05) is 0 Å². The summed E-state index contributed by atoms with van der Waals surface area (Å²) >= 11 is 0. The van der Waals surface area contributed by atoms with E-state index in [2.05, 4.69) is 10.1 Å². The lowest BCUT2D eigenvalue weighted by Gasteiger charge is -2.08. The standard InChI is InChI=1S/C16H16F3NO/c1-11-2-3-13(8-15(11)17)10-20-9-12-4-6-14(7-5-12)21-16(18)19/h2-8,16,20H,9-10H2,1H3. The van der Waals surface area contributed by atoms with E-state index in [1.165, 1.54) is 18.2 Å². The Morgan fingerprint density at radius 2 is 1.62 bits per heavy atom. The summed E-state index contributed by atoms with van der Waals surface area (Å²) in [6, 6.07) is 11.5. The predicted molar refractivity (Wildman–Crippen MR) is 74.8 cm³/mol. The number of alkyl halides is 2. The summed E-state index contributed by atoms with van der Waals surface area (Å²) in [6.45, 7) is -0.00243. The molecule has 0 radical (unpaired) electrons. The van der Waals surface area contributed by atoms with E-state index in [4.69, 9.17) is 0 Å². The van der Waals surface area contributed by atoms with Crippen LogP contribution in [-0.2, 0) is 13.1 Å². The molecule has 0 saturated heterocycles. The molecule has 2 nitrogen and oxygen atoms in total. The molecule has 0 fully saturated rings. The Bertz CT molecular complexity index is 585. The molecule has 0 atom stereocenters. The molecular weight excluding hydrogens is 279 g/mol. The van der Waals surface area contributed by atoms with Gasteiger partial charge in [0.05, 0.1) is 0 Å². The van der Waals surface area contributed by atoms with Gasteiger partial charge in [-0.15, -0.1) is 0 Å². The Morgan fingerprint density at radius 1 is 1.00 bits per heavy atom. The first-order valence-electron chi connectivity index (χ1n) is 6.54. The van der Waals surface area contributed by atoms with Gasteiger partial charge in [-0.2, -0.15) is 8.78 Å². The van der Waals surface area contributed by atoms with Crippen LogP contribution in [0.4, 0.5) is 13.2 Å². The van der Waals surface area contributed by atoms with E-state index in [1.807, 2.05) is 6.07 Å². The average Bonchev–Trinajstić information content (AvgIpc) is 2.44. The third kappa shape index (κ3) is 4.79. The van der Waals surface area contributed by atoms with Gasteiger partial charge in [-0.3, -0.25) is 0 Å². The van der Waals surface area contributed by atoms with Crippen molar-refractivity contribution in [3.8, 4) is 5.75 Å². The first kappa shape index (κ1) is 15.4. The summed E-state index contributed by atoms with van der Waals surface area (Å²) in [5, 5.41) is 3.17. The molecule has 5 heteroatoms. The molecule has 0 unspecified atom stereocenters. The molecule has 1 N–H and O–H groups in total. The SMILES string of the molecule is Cc1ccc(CNCc2ccc(OC(F)F)cc2)cc1F. The van der Waals surface area contributed by atoms with Crippen LogP contribution in [0.1, 0.15) is 16.7 Å². The highest BCUT2D eigenvalue weighted by Gasteiger charge is 2.04. The summed E-state index contributed by atoms with van der Waals surface area (Å²) in [5.74, 6) is -0.0860. The zero-order valence-corrected chi connectivity index (χ0v) is 11.6. The predicted octanol–water partition coefficient (Wildman–Crippen LogP) is 4.03. The smallest absolute Gasteiger partial charge is 0.387 e. The maximum Gasteiger partial charge on any atom is 0.387 e. The highest BCUT2D eigenvalue weighted by atomic mass is 19.3. The zero-order valence-electron chi connectivity index (χ0n) is 11.6. The van der Waals surface area contributed by atoms with Crippen LogP contribution < -0.4 is 10.1 Å². The van der Waals surface area contributed by atoms with Gasteiger partial charge in [0.1, 0.15) is 11.6 Å². The van der Waals surface area contributed by atoms with Crippen molar-refractivity contribution in [3.63, 3.8) is 0 Å². The fraction of sp³-hybridized carbons (Fsp3) is 0.250. The van der Waals surface area contributed by atoms with Crippen molar-refractivity contribution in [2.45, 2.75) is 26.6 Å². The highest BCUT2D eigenvalue weighted by molar-refractivity contribution is 5.27. The Morgan fingerprint density at radius 3 is 2.24 bits per heavy atom. The molecule has 0 spiro atoms. The number of aryl methyl sites for hydroxylation is 1. The Kier molecular flexibility index (Phi) is 5.22. The lowest BCUT2D eigenvalue weighted by Crippen LogP contribution is -2.13. The second-order valence-electron chi connectivity index (χ2n) is 4.71. The van der Waals surface area contributed by atoms with Gasteiger partial charge in [0.15, 0.2) is 0 Å². The molecule has 0 aliphatic carbocycles. The highest BCUT2D eigenvalue weighted by Crippen LogP contribution is 2.15. The number of ether oxygens (including phenoxy) is 1. The number of nitrogens with one attached hydrogen (secondary N) is 1. The lowest BCUT2D eigenvalue weighted by molar-refractivity contribution is -0.0498. The normalized spacial score (nSPS) is 10.9. The maximum atomic E-state index is 13.4. The Labute approximate surface area is 121 Å². The minimum absolute atomic E-state index is 0.134. The lowest BCUT2D eigenvalue weighted by atomic mass is 10.1. The van der Waals surface area contributed by atoms with Gasteiger partial charge in [-0.1, -0.05) is 24.3 Å². The second-order valence-corrected chi connectivity index (χ2v) is 4.71. The molecule has 0 aromatic heterocycles. The fourth-order valence-electron chi connectivity index (χ4n) is 1.89. The van der Waals surface area contributed by atoms with Crippen LogP contribution in [0.3, 0.4) is 0 Å². The van der Waals surface area contributed by atoms with Gasteiger partial charge in [0, 0.05) is 13.1 Å². The molecule has 0 saturated carbocycles. The van der Waals surface area contributed by atoms with E-state index in [0.717, 1.165) is 11.1 Å². The van der Waals surface area contributed by atoms with Crippen LogP contribution >= 0.6 is 0 Å². The summed E-state index contributed by atoms with van der Waals surface area (Å²) in [4.78, 5) is 0. The molecular formula is C16H16F3NO. The molecule has 2 aromatic carbocycles. The largest absolute Gasteiger partial charge is 0.435 e. The Balaban J connectivity index is 1.84. The van der Waals surface area contributed by atoms with Crippen molar-refractivity contribution >= 4 is 0 Å². The monoisotopic (exact) mass is 295 g/mol. The van der Waals surface area contributed by atoms with E-state index >= 15 is 0 Å². The number of hydrogen-bond acceptors (Lipinski definition) is 2. The third-order valence-corrected chi connectivity index (χ3v) is 3.04. The van der Waals surface area contributed by atoms with Crippen LogP contribution in [0.15, 0.2) is 42.5 Å². The minimum atomic E-state index is -2.81. The molecule has 0 heterocycles. The van der Waals surface area contributed by atoms with Crippen LogP contribution in [0.5, 0.6) is 5.75 Å². The average molecular weight is 295 g/mol. The molecule has 0 aliphatic rings. The number of halogens is 3. The quantitative estimate of drug-likeness (QED) is 0.869. The molecule has 0 amide bonds. The fourth-order valence-corrected chi connectivity index (χ4v) is 1.89. The Hall–Kier alpha value is -2.01. The topological polar surface area (TPSA) is 21.3 Å². The van der Waals surface area contributed by atoms with Crippen molar-refractivity contribution in [1.82, 2.24) is 5.32 Å². The van der Waals surface area contributed by atoms with Crippen LogP contribution in [0, 0.1) is 12.7 Å². The van der Waals surface area contributed by atoms with E-state index in [1.54, 1.807) is 25.1 Å². The molecule has 0 aliphatic heterocycles. The van der Waals surface area contributed by atoms with Crippen molar-refractivity contribution in [1.29, 1.82) is 0 Å². The second kappa shape index (κ2) is 7.13. The van der Waals surface area contributed by atoms with Crippen molar-refractivity contribution < 1.29 is 17.9 Å². The van der Waals surface area contributed by atoms with Crippen LogP contribution in [0.2, 0.25) is 0 Å². The first-order chi connectivity index (χ1) is 10.0. The summed E-state index contributed by atoms with van der Waals surface area (Å²) in [6.07, 6.45) is 0. The number of benzene rings is 2. The van der Waals surface area contributed by atoms with Crippen LogP contribution in [0.25, 0.3) is 0 Å². The molecule has 21 heavy (non-hydrogen) atoms. The molecule has 112 valence electrons. The first-order valence-corrected chi connectivity index (χ1v) is 6.54. The number of rotatable bonds is 6. The van der Waals surface area contributed by atoms with Gasteiger partial charge >= 0.3 is 6.61 Å². The molecule has 2 aromatic rings. The van der Waals surface area contributed by atoms with E-state index in [9.17, 15) is 13.2 Å². The van der Waals surface area contributed by atoms with E-state index in [-0.39, 0.29) is 11.6 Å². The zero-order chi connectivity index (χ0) is 15.2. The molecule has 2 rings (SSSR count). The van der Waals surface area contributed by atoms with Crippen molar-refractivity contribution in [3.05, 3.63) is 65.0 Å². The number of hydrogen-bond donors (Lipinski definition) is 1. The van der Waals surface area contributed by atoms with E-state index < -0.39 is 6.61 Å². The minimum Gasteiger partial charge on any atom is -0.435 e. The summed E-state index contributed by atoms with van der Waals surface area (Å²) < 4.78 is 41.7. The maximum absolute atomic E-state index is 13.4. The van der Waals surface area contributed by atoms with Gasteiger partial charge in [0.2, 0.25) is 0 Å². The van der Waals surface area contributed by atoms with Crippen molar-refractivity contribution in [2.24, 2.45) is 0 Å². The summed E-state index contributed by atoms with van der Waals surface area (Å²) in [7, 11) is 0. The van der Waals surface area contributed by atoms with Gasteiger partial charge in [-0.05, 0) is 41.8 Å².